The summed E-state index contributed by atoms with van der Waals surface area (Å²) in [6.07, 6.45) is 2.87. The van der Waals surface area contributed by atoms with E-state index in [1.165, 1.54) is 5.39 Å². The summed E-state index contributed by atoms with van der Waals surface area (Å²) in [6.45, 7) is 0. The van der Waals surface area contributed by atoms with Crippen LogP contribution >= 0.6 is 0 Å². The van der Waals surface area contributed by atoms with Crippen LogP contribution in [0.2, 0.25) is 0 Å². The van der Waals surface area contributed by atoms with Gasteiger partial charge in [-0.25, -0.2) is 0 Å². The van der Waals surface area contributed by atoms with E-state index in [9.17, 15) is 0 Å². The van der Waals surface area contributed by atoms with E-state index in [2.05, 4.69) is 27.7 Å². The van der Waals surface area contributed by atoms with E-state index in [0.717, 1.165) is 16.3 Å². The van der Waals surface area contributed by atoms with Crippen LogP contribution in [0.1, 0.15) is 0 Å². The lowest BCUT2D eigenvalue weighted by molar-refractivity contribution is 0.891. The topological polar surface area (TPSA) is 38.7 Å². The van der Waals surface area contributed by atoms with Crippen molar-refractivity contribution in [3.8, 4) is 0 Å². The molecule has 3 nitrogen and oxygen atoms in total. The maximum Gasteiger partial charge on any atom is 0.126 e. The molecule has 3 rings (SSSR count). The monoisotopic (exact) mass is 180 g/mol. The first-order chi connectivity index (χ1) is 6.95. The number of aromatic nitrogens is 3. The summed E-state index contributed by atoms with van der Waals surface area (Å²) in [6, 6.07) is 12.1. The fourth-order valence-corrected chi connectivity index (χ4v) is 1.60. The predicted molar refractivity (Wildman–Crippen MR) is 53.7 cm³/mol. The Morgan fingerprint density at radius 1 is 1.00 bits per heavy atom. The lowest BCUT2D eigenvalue weighted by Crippen LogP contribution is -1.88. The molecule has 3 heteroatoms. The average Bonchev–Trinajstić information content (AvgIpc) is 2.29. The SMILES string of the molecule is [c]1nnnc2ccc3ccccc3c12. The van der Waals surface area contributed by atoms with Crippen molar-refractivity contribution in [2.45, 2.75) is 0 Å². The molecule has 0 bridgehead atoms. The second-order valence-electron chi connectivity index (χ2n) is 3.08. The Balaban J connectivity index is 2.61. The number of fused-ring (bicyclic) bond motifs is 3. The first-order valence-electron chi connectivity index (χ1n) is 4.34. The molecule has 1 aromatic heterocycles. The molecule has 65 valence electrons. The van der Waals surface area contributed by atoms with Gasteiger partial charge in [0, 0.05) is 5.39 Å². The van der Waals surface area contributed by atoms with Gasteiger partial charge >= 0.3 is 0 Å². The van der Waals surface area contributed by atoms with E-state index < -0.39 is 0 Å². The van der Waals surface area contributed by atoms with Gasteiger partial charge in [-0.2, -0.15) is 0 Å². The summed E-state index contributed by atoms with van der Waals surface area (Å²) in [4.78, 5) is 0. The first-order valence-corrected chi connectivity index (χ1v) is 4.34. The van der Waals surface area contributed by atoms with E-state index in [-0.39, 0.29) is 0 Å². The van der Waals surface area contributed by atoms with Crippen LogP contribution in [-0.2, 0) is 0 Å². The first kappa shape index (κ1) is 7.38. The maximum absolute atomic E-state index is 3.94. The Kier molecular flexibility index (Phi) is 1.44. The maximum atomic E-state index is 3.94. The Morgan fingerprint density at radius 3 is 2.93 bits per heavy atom. The van der Waals surface area contributed by atoms with Gasteiger partial charge in [-0.1, -0.05) is 30.3 Å². The second kappa shape index (κ2) is 2.73. The van der Waals surface area contributed by atoms with Crippen molar-refractivity contribution in [3.05, 3.63) is 42.6 Å². The van der Waals surface area contributed by atoms with E-state index in [1.54, 1.807) is 0 Å². The van der Waals surface area contributed by atoms with Crippen molar-refractivity contribution in [2.24, 2.45) is 0 Å². The highest BCUT2D eigenvalue weighted by Gasteiger charge is 2.00. The van der Waals surface area contributed by atoms with Crippen LogP contribution in [0.4, 0.5) is 0 Å². The molecule has 3 aromatic rings. The van der Waals surface area contributed by atoms with Gasteiger partial charge in [0.1, 0.15) is 6.20 Å². The molecular formula is C11H6N3. The number of nitrogens with zero attached hydrogens (tertiary/aromatic N) is 3. The minimum atomic E-state index is 0.832. The molecule has 0 unspecified atom stereocenters. The van der Waals surface area contributed by atoms with E-state index in [1.807, 2.05) is 30.3 Å². The van der Waals surface area contributed by atoms with Gasteiger partial charge in [0.25, 0.3) is 0 Å². The highest BCUT2D eigenvalue weighted by molar-refractivity contribution is 6.05. The molecule has 0 amide bonds. The average molecular weight is 180 g/mol. The highest BCUT2D eigenvalue weighted by Crippen LogP contribution is 2.21. The van der Waals surface area contributed by atoms with Crippen LogP contribution in [0.15, 0.2) is 36.4 Å². The number of hydrogen-bond donors (Lipinski definition) is 0. The Bertz CT molecular complexity index is 550. The molecule has 0 atom stereocenters. The van der Waals surface area contributed by atoms with Gasteiger partial charge in [-0.05, 0) is 22.1 Å². The van der Waals surface area contributed by atoms with Crippen molar-refractivity contribution < 1.29 is 0 Å². The summed E-state index contributed by atoms with van der Waals surface area (Å²) in [5.41, 5.74) is 0.832. The molecule has 1 radical (unpaired) electrons. The third kappa shape index (κ3) is 0.956. The predicted octanol–water partition coefficient (Wildman–Crippen LogP) is 1.98. The summed E-state index contributed by atoms with van der Waals surface area (Å²) in [7, 11) is 0. The minimum Gasteiger partial charge on any atom is -0.130 e. The van der Waals surface area contributed by atoms with Gasteiger partial charge in [0.05, 0.1) is 5.52 Å². The van der Waals surface area contributed by atoms with Crippen LogP contribution in [-0.4, -0.2) is 15.4 Å². The lowest BCUT2D eigenvalue weighted by Gasteiger charge is -1.99. The van der Waals surface area contributed by atoms with Crippen molar-refractivity contribution in [3.63, 3.8) is 0 Å². The van der Waals surface area contributed by atoms with Crippen LogP contribution in [0.3, 0.4) is 0 Å². The van der Waals surface area contributed by atoms with Crippen molar-refractivity contribution in [1.82, 2.24) is 15.4 Å². The van der Waals surface area contributed by atoms with E-state index in [4.69, 9.17) is 0 Å². The van der Waals surface area contributed by atoms with Crippen molar-refractivity contribution >= 4 is 21.7 Å². The van der Waals surface area contributed by atoms with E-state index >= 15 is 0 Å². The van der Waals surface area contributed by atoms with Crippen molar-refractivity contribution in [2.75, 3.05) is 0 Å². The molecule has 2 aromatic carbocycles. The lowest BCUT2D eigenvalue weighted by atomic mass is 10.1. The number of hydrogen-bond acceptors (Lipinski definition) is 3. The zero-order valence-corrected chi connectivity index (χ0v) is 7.31. The molecule has 0 N–H and O–H groups in total. The van der Waals surface area contributed by atoms with Crippen LogP contribution in [0.25, 0.3) is 21.7 Å². The fourth-order valence-electron chi connectivity index (χ4n) is 1.60. The molecule has 0 aliphatic carbocycles. The van der Waals surface area contributed by atoms with Gasteiger partial charge in [-0.3, -0.25) is 0 Å². The molecular weight excluding hydrogens is 174 g/mol. The second-order valence-corrected chi connectivity index (χ2v) is 3.08. The zero-order valence-electron chi connectivity index (χ0n) is 7.31. The summed E-state index contributed by atoms with van der Waals surface area (Å²) < 4.78 is 0. The molecule has 1 heterocycles. The molecule has 0 spiro atoms. The van der Waals surface area contributed by atoms with Crippen LogP contribution < -0.4 is 0 Å². The van der Waals surface area contributed by atoms with Crippen LogP contribution in [0.5, 0.6) is 0 Å². The number of benzene rings is 2. The third-order valence-electron chi connectivity index (χ3n) is 2.27. The molecule has 0 aliphatic heterocycles. The quantitative estimate of drug-likeness (QED) is 0.496. The number of rotatable bonds is 0. The molecule has 0 saturated heterocycles. The molecule has 0 aliphatic rings. The van der Waals surface area contributed by atoms with Crippen LogP contribution in [0, 0.1) is 6.20 Å². The van der Waals surface area contributed by atoms with Gasteiger partial charge < -0.3 is 0 Å². The standard InChI is InChI=1S/C11H6N3/c1-2-4-9-8(3-1)5-6-11-10(9)7-12-14-13-11/h1-6H. The zero-order chi connectivity index (χ0) is 9.38. The molecule has 0 fully saturated rings. The van der Waals surface area contributed by atoms with Gasteiger partial charge in [-0.15, -0.1) is 10.2 Å². The molecule has 14 heavy (non-hydrogen) atoms. The van der Waals surface area contributed by atoms with Gasteiger partial charge in [0.15, 0.2) is 0 Å². The normalized spacial score (nSPS) is 10.9. The molecule has 0 saturated carbocycles. The van der Waals surface area contributed by atoms with Gasteiger partial charge in [0.2, 0.25) is 0 Å². The Hall–Kier alpha value is -2.03. The summed E-state index contributed by atoms with van der Waals surface area (Å²) >= 11 is 0. The minimum absolute atomic E-state index is 0.832. The Labute approximate surface area is 80.4 Å². The largest absolute Gasteiger partial charge is 0.130 e. The van der Waals surface area contributed by atoms with Crippen molar-refractivity contribution in [1.29, 1.82) is 0 Å². The third-order valence-corrected chi connectivity index (χ3v) is 2.27. The highest BCUT2D eigenvalue weighted by atomic mass is 15.3. The summed E-state index contributed by atoms with van der Waals surface area (Å²) in [5.74, 6) is 0. The van der Waals surface area contributed by atoms with E-state index in [0.29, 0.717) is 0 Å². The Morgan fingerprint density at radius 2 is 1.93 bits per heavy atom. The fraction of sp³-hybridized carbons (Fsp3) is 0. The smallest absolute Gasteiger partial charge is 0.126 e. The summed E-state index contributed by atoms with van der Waals surface area (Å²) in [5, 5.41) is 14.4.